The second kappa shape index (κ2) is 10.4. The number of benzene rings is 2. The lowest BCUT2D eigenvalue weighted by Gasteiger charge is -2.33. The summed E-state index contributed by atoms with van der Waals surface area (Å²) in [6.45, 7) is -0.338. The highest BCUT2D eigenvalue weighted by molar-refractivity contribution is 14.1. The maximum absolute atomic E-state index is 14.7. The van der Waals surface area contributed by atoms with Crippen molar-refractivity contribution >= 4 is 82.8 Å². The molecule has 1 aliphatic heterocycles. The largest absolute Gasteiger partial charge is 0.350 e. The molecule has 2 aromatic carbocycles. The molecule has 0 saturated carbocycles. The van der Waals surface area contributed by atoms with E-state index in [1.807, 2.05) is 22.6 Å². The van der Waals surface area contributed by atoms with Crippen molar-refractivity contribution in [2.75, 3.05) is 36.2 Å². The molecule has 0 bridgehead atoms. The summed E-state index contributed by atoms with van der Waals surface area (Å²) < 4.78 is 85.7. The van der Waals surface area contributed by atoms with Crippen LogP contribution in [0, 0.1) is 15.2 Å². The lowest BCUT2D eigenvalue weighted by molar-refractivity contribution is 0.274. The van der Waals surface area contributed by atoms with Gasteiger partial charge < -0.3 is 5.32 Å². The van der Waals surface area contributed by atoms with Gasteiger partial charge in [-0.25, -0.2) is 17.2 Å². The molecule has 0 atom stereocenters. The summed E-state index contributed by atoms with van der Waals surface area (Å²) in [5.41, 5.74) is -0.410. The Kier molecular flexibility index (Phi) is 7.90. The van der Waals surface area contributed by atoms with E-state index in [9.17, 15) is 25.6 Å². The van der Waals surface area contributed by atoms with Gasteiger partial charge in [0.2, 0.25) is 0 Å². The summed E-state index contributed by atoms with van der Waals surface area (Å²) >= 11 is 9.30. The van der Waals surface area contributed by atoms with Gasteiger partial charge in [0.1, 0.15) is 9.90 Å². The fourth-order valence-electron chi connectivity index (χ4n) is 3.37. The lowest BCUT2D eigenvalue weighted by atomic mass is 10.2. The minimum atomic E-state index is -4.22. The van der Waals surface area contributed by atoms with Gasteiger partial charge in [0, 0.05) is 29.7 Å². The van der Waals surface area contributed by atoms with E-state index in [-0.39, 0.29) is 46.8 Å². The number of piperazine rings is 1. The van der Waals surface area contributed by atoms with Crippen molar-refractivity contribution in [1.82, 2.24) is 8.61 Å². The van der Waals surface area contributed by atoms with Crippen LogP contribution in [0.25, 0.3) is 0 Å². The Bertz CT molecular complexity index is 1450. The highest BCUT2D eigenvalue weighted by atomic mass is 127. The first-order valence-corrected chi connectivity index (χ1v) is 15.2. The van der Waals surface area contributed by atoms with Gasteiger partial charge in [0.05, 0.1) is 16.4 Å². The maximum Gasteiger partial charge on any atom is 0.301 e. The zero-order valence-corrected chi connectivity index (χ0v) is 23.1. The van der Waals surface area contributed by atoms with Crippen molar-refractivity contribution in [2.24, 2.45) is 0 Å². The summed E-state index contributed by atoms with van der Waals surface area (Å²) in [5.74, 6) is -2.46. The standard InChI is InChI=1S/C20H18ClF2IN4O4S3/c21-14-12-13(24)3-5-16(14)25-20-17(6-4-15(22)19(20)23)26-35(31,32)28-9-7-27(8-10-28)34(29,30)18-2-1-11-33-18/h1-6,11-12,25-26H,7-10H2. The van der Waals surface area contributed by atoms with E-state index in [1.165, 1.54) is 10.4 Å². The smallest absolute Gasteiger partial charge is 0.301 e. The molecule has 0 unspecified atom stereocenters. The van der Waals surface area contributed by atoms with Crippen LogP contribution in [-0.4, -0.2) is 51.6 Å². The van der Waals surface area contributed by atoms with Crippen LogP contribution in [0.5, 0.6) is 0 Å². The molecule has 4 rings (SSSR count). The third-order valence-corrected chi connectivity index (χ3v) is 10.9. The Balaban J connectivity index is 1.53. The van der Waals surface area contributed by atoms with Crippen molar-refractivity contribution in [3.05, 3.63) is 68.1 Å². The summed E-state index contributed by atoms with van der Waals surface area (Å²) in [7, 11) is -7.93. The Morgan fingerprint density at radius 2 is 1.60 bits per heavy atom. The summed E-state index contributed by atoms with van der Waals surface area (Å²) in [6, 6.07) is 9.87. The SMILES string of the molecule is O=S(=O)(Nc1ccc(F)c(F)c1Nc1ccc(I)cc1Cl)N1CCN(S(=O)(=O)c2cccs2)CC1. The Morgan fingerprint density at radius 3 is 2.23 bits per heavy atom. The fraction of sp³-hybridized carbons (Fsp3) is 0.200. The molecule has 1 fully saturated rings. The van der Waals surface area contributed by atoms with Crippen molar-refractivity contribution in [3.63, 3.8) is 0 Å². The average Bonchev–Trinajstić information content (AvgIpc) is 3.36. The third-order valence-electron chi connectivity index (χ3n) is 5.15. The molecule has 0 aliphatic carbocycles. The number of thiophene rings is 1. The molecule has 1 aromatic heterocycles. The van der Waals surface area contributed by atoms with Crippen molar-refractivity contribution in [3.8, 4) is 0 Å². The molecule has 1 saturated heterocycles. The second-order valence-corrected chi connectivity index (χ2v) is 13.8. The van der Waals surface area contributed by atoms with Gasteiger partial charge in [-0.3, -0.25) is 4.72 Å². The number of sulfonamides is 1. The molecule has 188 valence electrons. The molecule has 0 radical (unpaired) electrons. The highest BCUT2D eigenvalue weighted by Gasteiger charge is 2.34. The van der Waals surface area contributed by atoms with E-state index in [0.29, 0.717) is 0 Å². The van der Waals surface area contributed by atoms with Crippen LogP contribution in [0.1, 0.15) is 0 Å². The predicted molar refractivity (Wildman–Crippen MR) is 141 cm³/mol. The monoisotopic (exact) mass is 674 g/mol. The third kappa shape index (κ3) is 5.73. The predicted octanol–water partition coefficient (Wildman–Crippen LogP) is 4.69. The first-order valence-electron chi connectivity index (χ1n) is 10.0. The van der Waals surface area contributed by atoms with Gasteiger partial charge in [0.25, 0.3) is 10.0 Å². The maximum atomic E-state index is 14.7. The number of rotatable bonds is 7. The van der Waals surface area contributed by atoms with Gasteiger partial charge in [-0.05, 0) is 64.4 Å². The van der Waals surface area contributed by atoms with Crippen LogP contribution in [-0.2, 0) is 20.2 Å². The van der Waals surface area contributed by atoms with Crippen LogP contribution in [0.2, 0.25) is 5.02 Å². The van der Waals surface area contributed by atoms with Crippen LogP contribution in [0.15, 0.2) is 52.1 Å². The molecule has 2 N–H and O–H groups in total. The van der Waals surface area contributed by atoms with E-state index < -0.39 is 37.6 Å². The number of nitrogens with one attached hydrogen (secondary N) is 2. The number of nitrogens with zero attached hydrogens (tertiary/aromatic N) is 2. The van der Waals surface area contributed by atoms with Gasteiger partial charge in [0.15, 0.2) is 11.6 Å². The van der Waals surface area contributed by atoms with Crippen LogP contribution < -0.4 is 10.0 Å². The number of hydrogen-bond acceptors (Lipinski definition) is 6. The van der Waals surface area contributed by atoms with Gasteiger partial charge in [-0.2, -0.15) is 17.0 Å². The van der Waals surface area contributed by atoms with Crippen LogP contribution in [0.4, 0.5) is 25.8 Å². The summed E-state index contributed by atoms with van der Waals surface area (Å²) in [4.78, 5) is 0. The zero-order chi connectivity index (χ0) is 25.4. The minimum absolute atomic E-state index is 0.0533. The average molecular weight is 675 g/mol. The Morgan fingerprint density at radius 1 is 0.943 bits per heavy atom. The second-order valence-electron chi connectivity index (χ2n) is 7.38. The van der Waals surface area contributed by atoms with E-state index in [4.69, 9.17) is 11.6 Å². The fourth-order valence-corrected chi connectivity index (χ4v) is 8.07. The lowest BCUT2D eigenvalue weighted by Crippen LogP contribution is -2.51. The van der Waals surface area contributed by atoms with E-state index in [0.717, 1.165) is 31.3 Å². The first-order chi connectivity index (χ1) is 16.5. The molecule has 8 nitrogen and oxygen atoms in total. The number of halogens is 4. The van der Waals surface area contributed by atoms with Crippen molar-refractivity contribution in [1.29, 1.82) is 0 Å². The van der Waals surface area contributed by atoms with Gasteiger partial charge in [-0.15, -0.1) is 11.3 Å². The topological polar surface area (TPSA) is 98.8 Å². The molecule has 3 aromatic rings. The molecule has 15 heteroatoms. The number of hydrogen-bond donors (Lipinski definition) is 2. The Hall–Kier alpha value is -1.56. The molecular weight excluding hydrogens is 657 g/mol. The van der Waals surface area contributed by atoms with Crippen LogP contribution >= 0.6 is 45.5 Å². The summed E-state index contributed by atoms with van der Waals surface area (Å²) in [5, 5.41) is 4.54. The minimum Gasteiger partial charge on any atom is -0.350 e. The first kappa shape index (κ1) is 26.5. The van der Waals surface area contributed by atoms with E-state index >= 15 is 0 Å². The quantitative estimate of drug-likeness (QED) is 0.355. The number of anilines is 3. The summed E-state index contributed by atoms with van der Waals surface area (Å²) in [6.07, 6.45) is 0. The molecular formula is C20H18ClF2IN4O4S3. The van der Waals surface area contributed by atoms with Crippen molar-refractivity contribution < 1.29 is 25.6 Å². The molecule has 1 aliphatic rings. The zero-order valence-electron chi connectivity index (χ0n) is 17.7. The van der Waals surface area contributed by atoms with E-state index in [2.05, 4.69) is 10.0 Å². The molecule has 0 amide bonds. The normalized spacial score (nSPS) is 15.8. The van der Waals surface area contributed by atoms with Crippen LogP contribution in [0.3, 0.4) is 0 Å². The van der Waals surface area contributed by atoms with E-state index in [1.54, 1.807) is 29.6 Å². The van der Waals surface area contributed by atoms with Crippen molar-refractivity contribution in [2.45, 2.75) is 4.21 Å². The van der Waals surface area contributed by atoms with Gasteiger partial charge >= 0.3 is 10.2 Å². The van der Waals surface area contributed by atoms with Gasteiger partial charge in [-0.1, -0.05) is 17.7 Å². The molecule has 0 spiro atoms. The molecule has 2 heterocycles. The Labute approximate surface area is 224 Å². The molecule has 35 heavy (non-hydrogen) atoms. The highest BCUT2D eigenvalue weighted by Crippen LogP contribution is 2.34.